The lowest BCUT2D eigenvalue weighted by Crippen LogP contribution is -2.41. The lowest BCUT2D eigenvalue weighted by atomic mass is 10.1. The molecule has 0 aromatic rings. The van der Waals surface area contributed by atoms with Gasteiger partial charge in [-0.1, -0.05) is 13.8 Å². The summed E-state index contributed by atoms with van der Waals surface area (Å²) in [6.45, 7) is 12.9. The molecule has 17 heavy (non-hydrogen) atoms. The van der Waals surface area contributed by atoms with Gasteiger partial charge in [0.1, 0.15) is 0 Å². The van der Waals surface area contributed by atoms with Gasteiger partial charge < -0.3 is 20.3 Å². The van der Waals surface area contributed by atoms with Crippen LogP contribution in [0.25, 0.3) is 0 Å². The van der Waals surface area contributed by atoms with Crippen LogP contribution < -0.4 is 5.73 Å². The molecule has 1 rings (SSSR count). The van der Waals surface area contributed by atoms with Crippen molar-refractivity contribution in [3.63, 3.8) is 0 Å². The third-order valence-corrected chi connectivity index (χ3v) is 3.63. The zero-order valence-electron chi connectivity index (χ0n) is 11.5. The summed E-state index contributed by atoms with van der Waals surface area (Å²) in [5.41, 5.74) is 5.44. The average molecular weight is 243 g/mol. The van der Waals surface area contributed by atoms with Gasteiger partial charge in [0, 0.05) is 32.7 Å². The summed E-state index contributed by atoms with van der Waals surface area (Å²) in [5.74, 6) is 0. The van der Waals surface area contributed by atoms with Crippen LogP contribution in [-0.2, 0) is 4.74 Å². The Bertz CT molecular complexity index is 178. The first kappa shape index (κ1) is 14.9. The molecule has 4 heteroatoms. The van der Waals surface area contributed by atoms with Gasteiger partial charge in [-0.25, -0.2) is 0 Å². The Morgan fingerprint density at radius 1 is 1.24 bits per heavy atom. The van der Waals surface area contributed by atoms with Crippen molar-refractivity contribution in [1.29, 1.82) is 0 Å². The number of hydrogen-bond acceptors (Lipinski definition) is 4. The summed E-state index contributed by atoms with van der Waals surface area (Å²) in [6, 6.07) is 0. The van der Waals surface area contributed by atoms with E-state index >= 15 is 0 Å². The molecular formula is C13H29N3O. The predicted octanol–water partition coefficient (Wildman–Crippen LogP) is 0.768. The minimum absolute atomic E-state index is 0.447. The molecule has 0 aliphatic carbocycles. The minimum atomic E-state index is 0.447. The van der Waals surface area contributed by atoms with Gasteiger partial charge in [0.05, 0.1) is 12.7 Å². The first-order valence-electron chi connectivity index (χ1n) is 7.06. The van der Waals surface area contributed by atoms with Gasteiger partial charge in [0.25, 0.3) is 0 Å². The Morgan fingerprint density at radius 3 is 2.41 bits per heavy atom. The summed E-state index contributed by atoms with van der Waals surface area (Å²) in [5, 5.41) is 0. The molecule has 0 aromatic carbocycles. The third-order valence-electron chi connectivity index (χ3n) is 3.63. The molecule has 0 aromatic heterocycles. The summed E-state index contributed by atoms with van der Waals surface area (Å²) in [6.07, 6.45) is 2.78. The topological polar surface area (TPSA) is 41.7 Å². The van der Waals surface area contributed by atoms with E-state index in [0.29, 0.717) is 19.3 Å². The second-order valence-electron chi connectivity index (χ2n) is 4.73. The Morgan fingerprint density at radius 2 is 1.88 bits per heavy atom. The molecule has 4 nitrogen and oxygen atoms in total. The number of nitrogens with zero attached hydrogens (tertiary/aromatic N) is 2. The van der Waals surface area contributed by atoms with Crippen molar-refractivity contribution < 1.29 is 4.74 Å². The van der Waals surface area contributed by atoms with Gasteiger partial charge in [-0.05, 0) is 25.9 Å². The van der Waals surface area contributed by atoms with Crippen LogP contribution in [0.5, 0.6) is 0 Å². The normalized spacial score (nSPS) is 19.1. The van der Waals surface area contributed by atoms with Gasteiger partial charge in [-0.3, -0.25) is 0 Å². The lowest BCUT2D eigenvalue weighted by Gasteiger charge is -2.33. The second-order valence-corrected chi connectivity index (χ2v) is 4.73. The Labute approximate surface area is 106 Å². The maximum absolute atomic E-state index is 5.69. The molecule has 102 valence electrons. The molecular weight excluding hydrogens is 214 g/mol. The molecule has 0 radical (unpaired) electrons. The zero-order chi connectivity index (χ0) is 12.5. The van der Waals surface area contributed by atoms with Crippen molar-refractivity contribution in [3.8, 4) is 0 Å². The smallest absolute Gasteiger partial charge is 0.0600 e. The van der Waals surface area contributed by atoms with E-state index in [0.717, 1.165) is 25.9 Å². The number of nitrogens with two attached hydrogens (primary N) is 1. The Balaban J connectivity index is 2.10. The molecule has 0 spiro atoms. The fourth-order valence-electron chi connectivity index (χ4n) is 2.36. The van der Waals surface area contributed by atoms with E-state index in [-0.39, 0.29) is 0 Å². The second kappa shape index (κ2) is 8.86. The third kappa shape index (κ3) is 5.82. The van der Waals surface area contributed by atoms with Crippen LogP contribution in [0.4, 0.5) is 0 Å². The maximum atomic E-state index is 5.69. The predicted molar refractivity (Wildman–Crippen MR) is 72.3 cm³/mol. The van der Waals surface area contributed by atoms with Crippen LogP contribution >= 0.6 is 0 Å². The summed E-state index contributed by atoms with van der Waals surface area (Å²) < 4.78 is 5.69. The largest absolute Gasteiger partial charge is 0.377 e. The van der Waals surface area contributed by atoms with Crippen LogP contribution in [0.3, 0.4) is 0 Å². The SMILES string of the molecule is CCN(CC)CCN1CCC(OCCN)CC1. The van der Waals surface area contributed by atoms with Gasteiger partial charge in [0.2, 0.25) is 0 Å². The zero-order valence-corrected chi connectivity index (χ0v) is 11.5. The van der Waals surface area contributed by atoms with E-state index in [2.05, 4.69) is 23.6 Å². The molecule has 1 fully saturated rings. The van der Waals surface area contributed by atoms with Crippen LogP contribution in [0.15, 0.2) is 0 Å². The van der Waals surface area contributed by atoms with Gasteiger partial charge in [-0.15, -0.1) is 0 Å². The van der Waals surface area contributed by atoms with Crippen LogP contribution in [0.2, 0.25) is 0 Å². The first-order valence-corrected chi connectivity index (χ1v) is 7.06. The monoisotopic (exact) mass is 243 g/mol. The standard InChI is InChI=1S/C13H29N3O/c1-3-15(4-2)10-11-16-8-5-13(6-9-16)17-12-7-14/h13H,3-12,14H2,1-2H3. The molecule has 1 heterocycles. The molecule has 0 unspecified atom stereocenters. The van der Waals surface area contributed by atoms with Crippen molar-refractivity contribution in [3.05, 3.63) is 0 Å². The van der Waals surface area contributed by atoms with E-state index in [1.165, 1.54) is 26.2 Å². The summed E-state index contributed by atoms with van der Waals surface area (Å²) in [7, 11) is 0. The highest BCUT2D eigenvalue weighted by Crippen LogP contribution is 2.13. The fraction of sp³-hybridized carbons (Fsp3) is 1.00. The number of likely N-dealkylation sites (tertiary alicyclic amines) is 1. The van der Waals surface area contributed by atoms with Crippen molar-refractivity contribution in [2.24, 2.45) is 5.73 Å². The quantitative estimate of drug-likeness (QED) is 0.684. The number of hydrogen-bond donors (Lipinski definition) is 1. The van der Waals surface area contributed by atoms with Crippen molar-refractivity contribution in [2.75, 3.05) is 52.4 Å². The minimum Gasteiger partial charge on any atom is -0.377 e. The highest BCUT2D eigenvalue weighted by atomic mass is 16.5. The number of rotatable bonds is 8. The lowest BCUT2D eigenvalue weighted by molar-refractivity contribution is 0.00996. The van der Waals surface area contributed by atoms with E-state index in [1.807, 2.05) is 0 Å². The van der Waals surface area contributed by atoms with Crippen LogP contribution in [0.1, 0.15) is 26.7 Å². The van der Waals surface area contributed by atoms with E-state index in [4.69, 9.17) is 10.5 Å². The van der Waals surface area contributed by atoms with Crippen molar-refractivity contribution in [2.45, 2.75) is 32.8 Å². The van der Waals surface area contributed by atoms with Gasteiger partial charge >= 0.3 is 0 Å². The van der Waals surface area contributed by atoms with Crippen LogP contribution in [-0.4, -0.2) is 68.3 Å². The summed E-state index contributed by atoms with van der Waals surface area (Å²) >= 11 is 0. The number of piperidine rings is 1. The number of likely N-dealkylation sites (N-methyl/N-ethyl adjacent to an activating group) is 1. The number of ether oxygens (including phenoxy) is 1. The molecule has 1 aliphatic rings. The molecule has 0 atom stereocenters. The molecule has 2 N–H and O–H groups in total. The highest BCUT2D eigenvalue weighted by molar-refractivity contribution is 4.73. The van der Waals surface area contributed by atoms with Gasteiger partial charge in [-0.2, -0.15) is 0 Å². The average Bonchev–Trinajstić information content (AvgIpc) is 2.39. The van der Waals surface area contributed by atoms with Crippen LogP contribution in [0, 0.1) is 0 Å². The van der Waals surface area contributed by atoms with E-state index in [9.17, 15) is 0 Å². The van der Waals surface area contributed by atoms with Gasteiger partial charge in [0.15, 0.2) is 0 Å². The van der Waals surface area contributed by atoms with E-state index in [1.54, 1.807) is 0 Å². The fourth-order valence-corrected chi connectivity index (χ4v) is 2.36. The van der Waals surface area contributed by atoms with Crippen molar-refractivity contribution in [1.82, 2.24) is 9.80 Å². The first-order chi connectivity index (χ1) is 8.30. The Kier molecular flexibility index (Phi) is 7.77. The maximum Gasteiger partial charge on any atom is 0.0600 e. The highest BCUT2D eigenvalue weighted by Gasteiger charge is 2.19. The molecule has 0 bridgehead atoms. The molecule has 1 aliphatic heterocycles. The summed E-state index contributed by atoms with van der Waals surface area (Å²) in [4.78, 5) is 5.04. The molecule has 0 saturated carbocycles. The van der Waals surface area contributed by atoms with Crippen molar-refractivity contribution >= 4 is 0 Å². The molecule has 0 amide bonds. The Hall–Kier alpha value is -0.160. The molecule has 1 saturated heterocycles. The van der Waals surface area contributed by atoms with E-state index < -0.39 is 0 Å².